The summed E-state index contributed by atoms with van der Waals surface area (Å²) in [5.41, 5.74) is -0.628. The van der Waals surface area contributed by atoms with Gasteiger partial charge in [0.2, 0.25) is 0 Å². The molecule has 5 heteroatoms. The second kappa shape index (κ2) is 5.02. The lowest BCUT2D eigenvalue weighted by Gasteiger charge is -2.22. The van der Waals surface area contributed by atoms with Gasteiger partial charge in [0.25, 0.3) is 5.88 Å². The van der Waals surface area contributed by atoms with E-state index in [1.807, 2.05) is 6.92 Å². The minimum absolute atomic E-state index is 0.0466. The molecule has 1 aromatic heterocycles. The van der Waals surface area contributed by atoms with Crippen LogP contribution in [0.15, 0.2) is 12.3 Å². The van der Waals surface area contributed by atoms with Crippen molar-refractivity contribution in [2.75, 3.05) is 13.2 Å². The number of carbonyl (C=O) groups excluding carboxylic acids is 1. The lowest BCUT2D eigenvalue weighted by molar-refractivity contribution is 0.0878. The molecule has 1 aromatic rings. The standard InChI is InChI=1S/C13H17FN2O2/c1-3-18-12-10(14)9(5-8-15-12)11(17)13(2)6-4-7-16-13/h5,8,16H,3-4,6-7H2,1-2H3. The van der Waals surface area contributed by atoms with Gasteiger partial charge in [-0.1, -0.05) is 0 Å². The molecule has 1 N–H and O–H groups in total. The first-order valence-electron chi connectivity index (χ1n) is 6.15. The molecule has 1 atom stereocenters. The van der Waals surface area contributed by atoms with Gasteiger partial charge in [0.05, 0.1) is 17.7 Å². The molecular formula is C13H17FN2O2. The number of Topliss-reactive ketones (excluding diaryl/α,β-unsaturated/α-hetero) is 1. The van der Waals surface area contributed by atoms with Crippen molar-refractivity contribution in [2.45, 2.75) is 32.2 Å². The Morgan fingerprint density at radius 3 is 3.06 bits per heavy atom. The molecule has 1 fully saturated rings. The molecule has 4 nitrogen and oxygen atoms in total. The first-order valence-corrected chi connectivity index (χ1v) is 6.15. The molecule has 1 unspecified atom stereocenters. The Kier molecular flexibility index (Phi) is 3.61. The molecule has 1 aliphatic heterocycles. The smallest absolute Gasteiger partial charge is 0.251 e. The maximum absolute atomic E-state index is 14.1. The average molecular weight is 252 g/mol. The van der Waals surface area contributed by atoms with Gasteiger partial charge in [-0.25, -0.2) is 9.37 Å². The summed E-state index contributed by atoms with van der Waals surface area (Å²) in [4.78, 5) is 16.2. The summed E-state index contributed by atoms with van der Waals surface area (Å²) in [6.45, 7) is 4.66. The predicted molar refractivity (Wildman–Crippen MR) is 65.3 cm³/mol. The first-order chi connectivity index (χ1) is 8.58. The maximum Gasteiger partial charge on any atom is 0.251 e. The third-order valence-electron chi connectivity index (χ3n) is 3.25. The zero-order valence-electron chi connectivity index (χ0n) is 10.6. The lowest BCUT2D eigenvalue weighted by atomic mass is 9.90. The number of ketones is 1. The fourth-order valence-corrected chi connectivity index (χ4v) is 2.22. The summed E-state index contributed by atoms with van der Waals surface area (Å²) in [5, 5.41) is 3.13. The van der Waals surface area contributed by atoms with Gasteiger partial charge in [-0.05, 0) is 39.3 Å². The molecule has 2 heterocycles. The number of hydrogen-bond donors (Lipinski definition) is 1. The van der Waals surface area contributed by atoms with Gasteiger partial charge >= 0.3 is 0 Å². The van der Waals surface area contributed by atoms with Crippen molar-refractivity contribution in [1.29, 1.82) is 0 Å². The van der Waals surface area contributed by atoms with Crippen molar-refractivity contribution in [3.8, 4) is 5.88 Å². The molecule has 0 aromatic carbocycles. The van der Waals surface area contributed by atoms with Crippen LogP contribution in [-0.4, -0.2) is 29.5 Å². The topological polar surface area (TPSA) is 51.2 Å². The molecule has 0 saturated carbocycles. The zero-order valence-corrected chi connectivity index (χ0v) is 10.6. The van der Waals surface area contributed by atoms with E-state index in [0.717, 1.165) is 19.4 Å². The van der Waals surface area contributed by atoms with Crippen molar-refractivity contribution >= 4 is 5.78 Å². The van der Waals surface area contributed by atoms with Crippen molar-refractivity contribution in [2.24, 2.45) is 0 Å². The lowest BCUT2D eigenvalue weighted by Crippen LogP contribution is -2.44. The summed E-state index contributed by atoms with van der Waals surface area (Å²) in [6, 6.07) is 1.41. The molecule has 2 rings (SSSR count). The second-order valence-corrected chi connectivity index (χ2v) is 4.60. The Hall–Kier alpha value is -1.49. The number of hydrogen-bond acceptors (Lipinski definition) is 4. The molecule has 1 saturated heterocycles. The predicted octanol–water partition coefficient (Wildman–Crippen LogP) is 1.94. The van der Waals surface area contributed by atoms with Gasteiger partial charge in [0.1, 0.15) is 0 Å². The van der Waals surface area contributed by atoms with Crippen molar-refractivity contribution in [3.63, 3.8) is 0 Å². The van der Waals surface area contributed by atoms with E-state index in [-0.39, 0.29) is 17.2 Å². The van der Waals surface area contributed by atoms with Crippen molar-refractivity contribution < 1.29 is 13.9 Å². The van der Waals surface area contributed by atoms with Crippen molar-refractivity contribution in [3.05, 3.63) is 23.6 Å². The highest BCUT2D eigenvalue weighted by Crippen LogP contribution is 2.27. The van der Waals surface area contributed by atoms with Crippen LogP contribution in [0.1, 0.15) is 37.0 Å². The van der Waals surface area contributed by atoms with Crippen LogP contribution in [-0.2, 0) is 0 Å². The van der Waals surface area contributed by atoms with E-state index in [9.17, 15) is 9.18 Å². The summed E-state index contributed by atoms with van der Waals surface area (Å²) < 4.78 is 19.2. The number of nitrogens with zero attached hydrogens (tertiary/aromatic N) is 1. The van der Waals surface area contributed by atoms with Crippen LogP contribution in [0.2, 0.25) is 0 Å². The van der Waals surface area contributed by atoms with Gasteiger partial charge in [-0.15, -0.1) is 0 Å². The van der Waals surface area contributed by atoms with E-state index in [1.165, 1.54) is 12.3 Å². The average Bonchev–Trinajstić information content (AvgIpc) is 2.80. The third-order valence-corrected chi connectivity index (χ3v) is 3.25. The van der Waals surface area contributed by atoms with Crippen LogP contribution in [0.5, 0.6) is 5.88 Å². The van der Waals surface area contributed by atoms with E-state index >= 15 is 0 Å². The molecule has 1 aliphatic rings. The Morgan fingerprint density at radius 1 is 1.67 bits per heavy atom. The van der Waals surface area contributed by atoms with Crippen LogP contribution in [0.25, 0.3) is 0 Å². The van der Waals surface area contributed by atoms with Crippen LogP contribution >= 0.6 is 0 Å². The fourth-order valence-electron chi connectivity index (χ4n) is 2.22. The van der Waals surface area contributed by atoms with Gasteiger partial charge in [-0.3, -0.25) is 4.79 Å². The molecule has 0 radical (unpaired) electrons. The summed E-state index contributed by atoms with van der Waals surface area (Å²) in [7, 11) is 0. The minimum atomic E-state index is -0.675. The zero-order chi connectivity index (χ0) is 13.2. The van der Waals surface area contributed by atoms with Gasteiger partial charge < -0.3 is 10.1 Å². The Morgan fingerprint density at radius 2 is 2.44 bits per heavy atom. The monoisotopic (exact) mass is 252 g/mol. The van der Waals surface area contributed by atoms with Gasteiger partial charge in [0.15, 0.2) is 11.6 Å². The van der Waals surface area contributed by atoms with Crippen LogP contribution in [0.3, 0.4) is 0 Å². The van der Waals surface area contributed by atoms with Crippen LogP contribution < -0.4 is 10.1 Å². The Bertz CT molecular complexity index is 456. The second-order valence-electron chi connectivity index (χ2n) is 4.60. The third kappa shape index (κ3) is 2.22. The minimum Gasteiger partial charge on any atom is -0.476 e. The fraction of sp³-hybridized carbons (Fsp3) is 0.538. The molecule has 0 aliphatic carbocycles. The Labute approximate surface area is 106 Å². The highest BCUT2D eigenvalue weighted by Gasteiger charge is 2.38. The van der Waals surface area contributed by atoms with Crippen molar-refractivity contribution in [1.82, 2.24) is 10.3 Å². The molecule has 0 bridgehead atoms. The number of nitrogens with one attached hydrogen (secondary N) is 1. The molecule has 18 heavy (non-hydrogen) atoms. The van der Waals surface area contributed by atoms with E-state index in [0.29, 0.717) is 6.61 Å². The summed E-state index contributed by atoms with van der Waals surface area (Å²) >= 11 is 0. The van der Waals surface area contributed by atoms with Crippen LogP contribution in [0.4, 0.5) is 4.39 Å². The van der Waals surface area contributed by atoms with E-state index < -0.39 is 11.4 Å². The number of halogens is 1. The highest BCUT2D eigenvalue weighted by atomic mass is 19.1. The summed E-state index contributed by atoms with van der Waals surface area (Å²) in [5.74, 6) is -1.01. The quantitative estimate of drug-likeness (QED) is 0.832. The molecule has 0 spiro atoms. The van der Waals surface area contributed by atoms with Crippen LogP contribution in [0, 0.1) is 5.82 Å². The van der Waals surface area contributed by atoms with E-state index in [2.05, 4.69) is 10.3 Å². The normalized spacial score (nSPS) is 23.1. The number of aromatic nitrogens is 1. The van der Waals surface area contributed by atoms with Gasteiger partial charge in [-0.2, -0.15) is 0 Å². The number of carbonyl (C=O) groups is 1. The highest BCUT2D eigenvalue weighted by molar-refractivity contribution is 6.03. The maximum atomic E-state index is 14.1. The first kappa shape index (κ1) is 13.0. The molecular weight excluding hydrogens is 235 g/mol. The SMILES string of the molecule is CCOc1nccc(C(=O)C2(C)CCCN2)c1F. The number of rotatable bonds is 4. The van der Waals surface area contributed by atoms with E-state index in [1.54, 1.807) is 6.92 Å². The van der Waals surface area contributed by atoms with Gasteiger partial charge in [0, 0.05) is 6.20 Å². The van der Waals surface area contributed by atoms with E-state index in [4.69, 9.17) is 4.74 Å². The largest absolute Gasteiger partial charge is 0.476 e. The Balaban J connectivity index is 2.33. The number of pyridine rings is 1. The number of ether oxygens (including phenoxy) is 1. The molecule has 98 valence electrons. The summed E-state index contributed by atoms with van der Waals surface area (Å²) in [6.07, 6.45) is 3.05. The molecule has 0 amide bonds.